The van der Waals surface area contributed by atoms with Gasteiger partial charge in [-0.2, -0.15) is 0 Å². The van der Waals surface area contributed by atoms with Crippen LogP contribution in [0.5, 0.6) is 0 Å². The molecular weight excluding hydrogens is 258 g/mol. The molecule has 6 heteroatoms. The van der Waals surface area contributed by atoms with Crippen molar-refractivity contribution in [1.29, 1.82) is 0 Å². The molecule has 1 aromatic heterocycles. The topological polar surface area (TPSA) is 71.5 Å². The summed E-state index contributed by atoms with van der Waals surface area (Å²) in [6, 6.07) is 3.49. The van der Waals surface area contributed by atoms with Gasteiger partial charge in [0, 0.05) is 30.9 Å². The van der Waals surface area contributed by atoms with Crippen molar-refractivity contribution in [3.63, 3.8) is 0 Å². The van der Waals surface area contributed by atoms with E-state index in [-0.39, 0.29) is 17.9 Å². The summed E-state index contributed by atoms with van der Waals surface area (Å²) in [5.74, 6) is -0.278. The maximum absolute atomic E-state index is 12.3. The van der Waals surface area contributed by atoms with Gasteiger partial charge in [-0.3, -0.25) is 14.6 Å². The van der Waals surface area contributed by atoms with E-state index in [0.29, 0.717) is 37.6 Å². The maximum atomic E-state index is 12.3. The molecule has 0 spiro atoms. The number of morpholine rings is 1. The molecule has 2 fully saturated rings. The SMILES string of the molecule is O=C(NC1CC1)c1cc(C(=O)N2CCOCC2)ccn1. The predicted octanol–water partition coefficient (Wildman–Crippen LogP) is 0.446. The van der Waals surface area contributed by atoms with Gasteiger partial charge in [0.1, 0.15) is 5.69 Å². The molecule has 1 saturated heterocycles. The quantitative estimate of drug-likeness (QED) is 0.869. The van der Waals surface area contributed by atoms with E-state index in [2.05, 4.69) is 10.3 Å². The Balaban J connectivity index is 1.72. The van der Waals surface area contributed by atoms with Crippen LogP contribution in [0.4, 0.5) is 0 Å². The Kier molecular flexibility index (Phi) is 3.64. The number of rotatable bonds is 3. The number of amides is 2. The predicted molar refractivity (Wildman–Crippen MR) is 71.4 cm³/mol. The van der Waals surface area contributed by atoms with Crippen molar-refractivity contribution in [2.45, 2.75) is 18.9 Å². The van der Waals surface area contributed by atoms with Crippen LogP contribution in [0.1, 0.15) is 33.7 Å². The van der Waals surface area contributed by atoms with Crippen LogP contribution in [0, 0.1) is 0 Å². The van der Waals surface area contributed by atoms with Gasteiger partial charge in [0.05, 0.1) is 13.2 Å². The van der Waals surface area contributed by atoms with Crippen molar-refractivity contribution in [1.82, 2.24) is 15.2 Å². The molecule has 1 N–H and O–H groups in total. The summed E-state index contributed by atoms with van der Waals surface area (Å²) in [5, 5.41) is 2.87. The molecule has 106 valence electrons. The second-order valence-corrected chi connectivity index (χ2v) is 5.08. The van der Waals surface area contributed by atoms with Crippen LogP contribution in [-0.2, 0) is 4.74 Å². The second-order valence-electron chi connectivity index (χ2n) is 5.08. The molecule has 3 rings (SSSR count). The van der Waals surface area contributed by atoms with Gasteiger partial charge in [-0.05, 0) is 25.0 Å². The number of hydrogen-bond acceptors (Lipinski definition) is 4. The highest BCUT2D eigenvalue weighted by atomic mass is 16.5. The van der Waals surface area contributed by atoms with E-state index in [1.165, 1.54) is 6.20 Å². The summed E-state index contributed by atoms with van der Waals surface area (Å²) in [4.78, 5) is 30.0. The number of aromatic nitrogens is 1. The Morgan fingerprint density at radius 1 is 1.30 bits per heavy atom. The van der Waals surface area contributed by atoms with Crippen molar-refractivity contribution in [3.05, 3.63) is 29.6 Å². The Hall–Kier alpha value is -1.95. The van der Waals surface area contributed by atoms with Gasteiger partial charge in [0.2, 0.25) is 0 Å². The van der Waals surface area contributed by atoms with Crippen molar-refractivity contribution in [3.8, 4) is 0 Å². The van der Waals surface area contributed by atoms with Crippen molar-refractivity contribution in [2.24, 2.45) is 0 Å². The molecule has 1 aliphatic heterocycles. The standard InChI is InChI=1S/C14H17N3O3/c18-13(16-11-1-2-11)12-9-10(3-4-15-12)14(19)17-5-7-20-8-6-17/h3-4,9,11H,1-2,5-8H2,(H,16,18). The molecule has 20 heavy (non-hydrogen) atoms. The number of hydrogen-bond donors (Lipinski definition) is 1. The lowest BCUT2D eigenvalue weighted by Gasteiger charge is -2.26. The third kappa shape index (κ3) is 2.96. The minimum atomic E-state index is -0.205. The monoisotopic (exact) mass is 275 g/mol. The van der Waals surface area contributed by atoms with E-state index in [1.54, 1.807) is 17.0 Å². The minimum Gasteiger partial charge on any atom is -0.378 e. The Morgan fingerprint density at radius 2 is 2.05 bits per heavy atom. The summed E-state index contributed by atoms with van der Waals surface area (Å²) >= 11 is 0. The smallest absolute Gasteiger partial charge is 0.270 e. The van der Waals surface area contributed by atoms with Gasteiger partial charge < -0.3 is 15.0 Å². The second kappa shape index (κ2) is 5.58. The average molecular weight is 275 g/mol. The van der Waals surface area contributed by atoms with Crippen LogP contribution in [0.15, 0.2) is 18.3 Å². The lowest BCUT2D eigenvalue weighted by atomic mass is 10.2. The zero-order valence-corrected chi connectivity index (χ0v) is 11.2. The molecule has 1 aliphatic carbocycles. The number of carbonyl (C=O) groups is 2. The van der Waals surface area contributed by atoms with Crippen LogP contribution in [-0.4, -0.2) is 54.0 Å². The zero-order chi connectivity index (χ0) is 13.9. The highest BCUT2D eigenvalue weighted by Gasteiger charge is 2.25. The van der Waals surface area contributed by atoms with Crippen LogP contribution in [0.25, 0.3) is 0 Å². The molecule has 0 atom stereocenters. The first-order valence-corrected chi connectivity index (χ1v) is 6.88. The summed E-state index contributed by atoms with van der Waals surface area (Å²) in [5.41, 5.74) is 0.804. The third-order valence-electron chi connectivity index (χ3n) is 3.45. The molecule has 2 heterocycles. The first-order chi connectivity index (χ1) is 9.74. The van der Waals surface area contributed by atoms with E-state index in [9.17, 15) is 9.59 Å². The summed E-state index contributed by atoms with van der Waals surface area (Å²) in [6.45, 7) is 2.30. The lowest BCUT2D eigenvalue weighted by Crippen LogP contribution is -2.40. The zero-order valence-electron chi connectivity index (χ0n) is 11.2. The van der Waals surface area contributed by atoms with Gasteiger partial charge >= 0.3 is 0 Å². The van der Waals surface area contributed by atoms with Gasteiger partial charge in [0.25, 0.3) is 11.8 Å². The number of nitrogens with one attached hydrogen (secondary N) is 1. The molecule has 2 amide bonds. The summed E-state index contributed by atoms with van der Waals surface area (Å²) < 4.78 is 5.23. The number of ether oxygens (including phenoxy) is 1. The van der Waals surface area contributed by atoms with E-state index in [0.717, 1.165) is 12.8 Å². The Labute approximate surface area is 117 Å². The van der Waals surface area contributed by atoms with E-state index < -0.39 is 0 Å². The number of nitrogens with zero attached hydrogens (tertiary/aromatic N) is 2. The molecule has 1 saturated carbocycles. The molecule has 2 aliphatic rings. The van der Waals surface area contributed by atoms with Crippen molar-refractivity contribution >= 4 is 11.8 Å². The van der Waals surface area contributed by atoms with Crippen molar-refractivity contribution < 1.29 is 14.3 Å². The average Bonchev–Trinajstić information content (AvgIpc) is 3.31. The fraction of sp³-hybridized carbons (Fsp3) is 0.500. The number of carbonyl (C=O) groups excluding carboxylic acids is 2. The minimum absolute atomic E-state index is 0.0730. The van der Waals surface area contributed by atoms with Gasteiger partial charge in [0.15, 0.2) is 0 Å². The van der Waals surface area contributed by atoms with E-state index in [4.69, 9.17) is 4.74 Å². The molecular formula is C14H17N3O3. The lowest BCUT2D eigenvalue weighted by molar-refractivity contribution is 0.0303. The normalized spacial score (nSPS) is 18.7. The Morgan fingerprint density at radius 3 is 2.75 bits per heavy atom. The third-order valence-corrected chi connectivity index (χ3v) is 3.45. The van der Waals surface area contributed by atoms with Gasteiger partial charge in [-0.1, -0.05) is 0 Å². The summed E-state index contributed by atoms with van der Waals surface area (Å²) in [6.07, 6.45) is 3.56. The molecule has 6 nitrogen and oxygen atoms in total. The fourth-order valence-electron chi connectivity index (χ4n) is 2.12. The van der Waals surface area contributed by atoms with E-state index >= 15 is 0 Å². The maximum Gasteiger partial charge on any atom is 0.270 e. The van der Waals surface area contributed by atoms with Gasteiger partial charge in [-0.25, -0.2) is 0 Å². The molecule has 0 aromatic carbocycles. The molecule has 1 aromatic rings. The highest BCUT2D eigenvalue weighted by molar-refractivity contribution is 5.98. The first-order valence-electron chi connectivity index (χ1n) is 6.88. The van der Waals surface area contributed by atoms with Crippen LogP contribution in [0.3, 0.4) is 0 Å². The highest BCUT2D eigenvalue weighted by Crippen LogP contribution is 2.19. The van der Waals surface area contributed by atoms with Gasteiger partial charge in [-0.15, -0.1) is 0 Å². The van der Waals surface area contributed by atoms with Crippen LogP contribution < -0.4 is 5.32 Å². The van der Waals surface area contributed by atoms with Crippen molar-refractivity contribution in [2.75, 3.05) is 26.3 Å². The molecule has 0 unspecified atom stereocenters. The summed E-state index contributed by atoms with van der Waals surface area (Å²) in [7, 11) is 0. The number of pyridine rings is 1. The molecule has 0 bridgehead atoms. The largest absolute Gasteiger partial charge is 0.378 e. The molecule has 0 radical (unpaired) electrons. The first kappa shape index (κ1) is 13.1. The fourth-order valence-corrected chi connectivity index (χ4v) is 2.12. The van der Waals surface area contributed by atoms with E-state index in [1.807, 2.05) is 0 Å². The van der Waals surface area contributed by atoms with Crippen LogP contribution in [0.2, 0.25) is 0 Å². The Bertz CT molecular complexity index is 522. The van der Waals surface area contributed by atoms with Crippen LogP contribution >= 0.6 is 0 Å².